The normalized spacial score (nSPS) is 17.7. The van der Waals surface area contributed by atoms with Crippen molar-refractivity contribution in [1.29, 1.82) is 0 Å². The Balaban J connectivity index is 1.73. The Hall–Kier alpha value is -0.870. The second-order valence-corrected chi connectivity index (χ2v) is 6.51. The van der Waals surface area contributed by atoms with Crippen molar-refractivity contribution in [2.24, 2.45) is 5.92 Å². The van der Waals surface area contributed by atoms with Crippen molar-refractivity contribution in [3.05, 3.63) is 34.3 Å². The smallest absolute Gasteiger partial charge is 0.223 e. The molecule has 1 aromatic rings. The highest BCUT2D eigenvalue weighted by Crippen LogP contribution is 2.14. The van der Waals surface area contributed by atoms with Crippen molar-refractivity contribution in [1.82, 2.24) is 10.6 Å². The fourth-order valence-corrected chi connectivity index (χ4v) is 2.82. The number of halogens is 1. The number of aryl methyl sites for hydroxylation is 1. The van der Waals surface area contributed by atoms with Gasteiger partial charge >= 0.3 is 0 Å². The molecule has 0 spiro atoms. The summed E-state index contributed by atoms with van der Waals surface area (Å²) in [6.45, 7) is 4.02. The first-order valence-electron chi connectivity index (χ1n) is 7.40. The molecule has 110 valence electrons. The Morgan fingerprint density at radius 3 is 2.65 bits per heavy atom. The Kier molecular flexibility index (Phi) is 6.05. The van der Waals surface area contributed by atoms with E-state index in [2.05, 4.69) is 57.8 Å². The van der Waals surface area contributed by atoms with Gasteiger partial charge in [-0.3, -0.25) is 4.79 Å². The van der Waals surface area contributed by atoms with E-state index in [9.17, 15) is 4.79 Å². The Morgan fingerprint density at radius 1 is 1.35 bits per heavy atom. The monoisotopic (exact) mass is 338 g/mol. The standard InChI is InChI=1S/C16H23BrN2O/c1-12(2-3-13-4-6-15(17)7-5-13)19-16(20)14-8-10-18-11-9-14/h4-7,12,14,18H,2-3,8-11H2,1H3,(H,19,20). The van der Waals surface area contributed by atoms with E-state index in [4.69, 9.17) is 0 Å². The summed E-state index contributed by atoms with van der Waals surface area (Å²) in [5, 5.41) is 6.45. The van der Waals surface area contributed by atoms with Crippen LogP contribution in [0.4, 0.5) is 0 Å². The Labute approximate surface area is 129 Å². The van der Waals surface area contributed by atoms with Gasteiger partial charge in [0.15, 0.2) is 0 Å². The third kappa shape index (κ3) is 4.91. The highest BCUT2D eigenvalue weighted by Gasteiger charge is 2.21. The van der Waals surface area contributed by atoms with E-state index in [0.717, 1.165) is 43.2 Å². The van der Waals surface area contributed by atoms with Gasteiger partial charge in [0, 0.05) is 16.4 Å². The SMILES string of the molecule is CC(CCc1ccc(Br)cc1)NC(=O)C1CCNCC1. The van der Waals surface area contributed by atoms with E-state index in [1.807, 2.05) is 0 Å². The minimum Gasteiger partial charge on any atom is -0.353 e. The van der Waals surface area contributed by atoms with Crippen LogP contribution < -0.4 is 10.6 Å². The molecule has 1 saturated heterocycles. The predicted octanol–water partition coefficient (Wildman–Crippen LogP) is 2.89. The van der Waals surface area contributed by atoms with Gasteiger partial charge in [-0.2, -0.15) is 0 Å². The van der Waals surface area contributed by atoms with Gasteiger partial charge in [0.25, 0.3) is 0 Å². The maximum absolute atomic E-state index is 12.1. The Morgan fingerprint density at radius 2 is 2.00 bits per heavy atom. The molecule has 1 unspecified atom stereocenters. The highest BCUT2D eigenvalue weighted by atomic mass is 79.9. The lowest BCUT2D eigenvalue weighted by Gasteiger charge is -2.24. The lowest BCUT2D eigenvalue weighted by molar-refractivity contribution is -0.126. The lowest BCUT2D eigenvalue weighted by Crippen LogP contribution is -2.41. The number of carbonyl (C=O) groups excluding carboxylic acids is 1. The zero-order valence-corrected chi connectivity index (χ0v) is 13.6. The molecule has 1 aromatic carbocycles. The van der Waals surface area contributed by atoms with Crippen molar-refractivity contribution in [2.45, 2.75) is 38.6 Å². The maximum atomic E-state index is 12.1. The van der Waals surface area contributed by atoms with Gasteiger partial charge in [-0.15, -0.1) is 0 Å². The summed E-state index contributed by atoms with van der Waals surface area (Å²) in [6, 6.07) is 8.62. The van der Waals surface area contributed by atoms with Crippen molar-refractivity contribution in [3.63, 3.8) is 0 Å². The summed E-state index contributed by atoms with van der Waals surface area (Å²) < 4.78 is 1.11. The molecule has 0 aromatic heterocycles. The number of piperidine rings is 1. The third-order valence-electron chi connectivity index (χ3n) is 3.88. The minimum absolute atomic E-state index is 0.200. The van der Waals surface area contributed by atoms with Crippen LogP contribution in [-0.2, 0) is 11.2 Å². The van der Waals surface area contributed by atoms with Crippen LogP contribution >= 0.6 is 15.9 Å². The molecule has 1 aliphatic rings. The van der Waals surface area contributed by atoms with Crippen LogP contribution in [0, 0.1) is 5.92 Å². The predicted molar refractivity (Wildman–Crippen MR) is 85.7 cm³/mol. The molecule has 0 bridgehead atoms. The quantitative estimate of drug-likeness (QED) is 0.866. The van der Waals surface area contributed by atoms with Crippen LogP contribution in [0.1, 0.15) is 31.7 Å². The van der Waals surface area contributed by atoms with Crippen molar-refractivity contribution in [3.8, 4) is 0 Å². The average molecular weight is 339 g/mol. The first-order chi connectivity index (χ1) is 9.65. The molecule has 3 nitrogen and oxygen atoms in total. The first-order valence-corrected chi connectivity index (χ1v) is 8.20. The van der Waals surface area contributed by atoms with Crippen LogP contribution in [0.3, 0.4) is 0 Å². The summed E-state index contributed by atoms with van der Waals surface area (Å²) in [5.74, 6) is 0.432. The van der Waals surface area contributed by atoms with E-state index in [1.54, 1.807) is 0 Å². The summed E-state index contributed by atoms with van der Waals surface area (Å²) >= 11 is 3.44. The van der Waals surface area contributed by atoms with Crippen molar-refractivity contribution >= 4 is 21.8 Å². The van der Waals surface area contributed by atoms with E-state index < -0.39 is 0 Å². The molecule has 0 saturated carbocycles. The number of carbonyl (C=O) groups is 1. The molecule has 2 N–H and O–H groups in total. The van der Waals surface area contributed by atoms with Crippen LogP contribution in [0.2, 0.25) is 0 Å². The molecule has 1 aliphatic heterocycles. The maximum Gasteiger partial charge on any atom is 0.223 e. The average Bonchev–Trinajstić information content (AvgIpc) is 2.47. The summed E-state index contributed by atoms with van der Waals surface area (Å²) in [5.41, 5.74) is 1.32. The van der Waals surface area contributed by atoms with E-state index in [1.165, 1.54) is 5.56 Å². The van der Waals surface area contributed by atoms with Crippen LogP contribution in [0.5, 0.6) is 0 Å². The molecule has 0 aliphatic carbocycles. The first kappa shape index (κ1) is 15.5. The van der Waals surface area contributed by atoms with Gasteiger partial charge < -0.3 is 10.6 Å². The van der Waals surface area contributed by atoms with Crippen LogP contribution in [0.25, 0.3) is 0 Å². The summed E-state index contributed by atoms with van der Waals surface area (Å²) in [4.78, 5) is 12.1. The van der Waals surface area contributed by atoms with E-state index in [0.29, 0.717) is 0 Å². The largest absolute Gasteiger partial charge is 0.353 e. The summed E-state index contributed by atoms with van der Waals surface area (Å²) in [7, 11) is 0. The molecule has 4 heteroatoms. The zero-order valence-electron chi connectivity index (χ0n) is 12.0. The minimum atomic E-state index is 0.200. The topological polar surface area (TPSA) is 41.1 Å². The number of hydrogen-bond donors (Lipinski definition) is 2. The molecular formula is C16H23BrN2O. The van der Waals surface area contributed by atoms with Gasteiger partial charge in [0.1, 0.15) is 0 Å². The number of hydrogen-bond acceptors (Lipinski definition) is 2. The zero-order chi connectivity index (χ0) is 14.4. The third-order valence-corrected chi connectivity index (χ3v) is 4.41. The number of rotatable bonds is 5. The Bertz CT molecular complexity index is 427. The lowest BCUT2D eigenvalue weighted by atomic mass is 9.96. The van der Waals surface area contributed by atoms with Gasteiger partial charge in [-0.25, -0.2) is 0 Å². The van der Waals surface area contributed by atoms with E-state index in [-0.39, 0.29) is 17.9 Å². The molecule has 1 heterocycles. The molecule has 1 atom stereocenters. The fraction of sp³-hybridized carbons (Fsp3) is 0.562. The van der Waals surface area contributed by atoms with Crippen molar-refractivity contribution < 1.29 is 4.79 Å². The molecule has 1 amide bonds. The molecule has 1 fully saturated rings. The molecule has 20 heavy (non-hydrogen) atoms. The van der Waals surface area contributed by atoms with Gasteiger partial charge in [0.05, 0.1) is 0 Å². The second kappa shape index (κ2) is 7.79. The molecule has 2 rings (SSSR count). The number of amides is 1. The van der Waals surface area contributed by atoms with Gasteiger partial charge in [-0.05, 0) is 63.4 Å². The second-order valence-electron chi connectivity index (χ2n) is 5.60. The summed E-state index contributed by atoms with van der Waals surface area (Å²) in [6.07, 6.45) is 3.91. The van der Waals surface area contributed by atoms with Gasteiger partial charge in [0.2, 0.25) is 5.91 Å². The molecule has 0 radical (unpaired) electrons. The van der Waals surface area contributed by atoms with Gasteiger partial charge in [-0.1, -0.05) is 28.1 Å². The number of nitrogens with one attached hydrogen (secondary N) is 2. The van der Waals surface area contributed by atoms with Crippen LogP contribution in [0.15, 0.2) is 28.7 Å². The number of benzene rings is 1. The van der Waals surface area contributed by atoms with E-state index >= 15 is 0 Å². The fourth-order valence-electron chi connectivity index (χ4n) is 2.55. The molecular weight excluding hydrogens is 316 g/mol. The van der Waals surface area contributed by atoms with Crippen molar-refractivity contribution in [2.75, 3.05) is 13.1 Å². The highest BCUT2D eigenvalue weighted by molar-refractivity contribution is 9.10. The van der Waals surface area contributed by atoms with Crippen LogP contribution in [-0.4, -0.2) is 25.0 Å².